The Bertz CT molecular complexity index is 1230. The van der Waals surface area contributed by atoms with E-state index >= 15 is 0 Å². The average Bonchev–Trinajstić information content (AvgIpc) is 3.27. The van der Waals surface area contributed by atoms with Gasteiger partial charge in [0.2, 0.25) is 0 Å². The molecule has 0 saturated carbocycles. The van der Waals surface area contributed by atoms with Crippen molar-refractivity contribution in [2.45, 2.75) is 27.2 Å². The highest BCUT2D eigenvalue weighted by atomic mass is 16.2. The van der Waals surface area contributed by atoms with Gasteiger partial charge in [-0.25, -0.2) is 9.50 Å². The van der Waals surface area contributed by atoms with Crippen molar-refractivity contribution in [3.05, 3.63) is 69.3 Å². The summed E-state index contributed by atoms with van der Waals surface area (Å²) in [7, 11) is 0. The lowest BCUT2D eigenvalue weighted by Gasteiger charge is -2.05. The molecular weight excluding hydrogens is 356 g/mol. The van der Waals surface area contributed by atoms with E-state index in [4.69, 9.17) is 0 Å². The molecule has 3 aromatic heterocycles. The minimum Gasteiger partial charge on any atom is -0.322 e. The van der Waals surface area contributed by atoms with Gasteiger partial charge < -0.3 is 5.32 Å². The number of aromatic nitrogens is 5. The molecule has 8 nitrogen and oxygen atoms in total. The van der Waals surface area contributed by atoms with Crippen LogP contribution in [0.3, 0.4) is 0 Å². The minimum absolute atomic E-state index is 0.257. The minimum atomic E-state index is -0.348. The zero-order chi connectivity index (χ0) is 19.8. The highest BCUT2D eigenvalue weighted by Gasteiger charge is 2.18. The second-order valence-electron chi connectivity index (χ2n) is 6.68. The Morgan fingerprint density at radius 1 is 1.21 bits per heavy atom. The molecule has 0 saturated heterocycles. The van der Waals surface area contributed by atoms with Gasteiger partial charge in [-0.15, -0.1) is 0 Å². The fraction of sp³-hybridized carbons (Fsp3) is 0.200. The number of H-pyrrole nitrogens is 2. The number of fused-ring (bicyclic) bond motifs is 1. The predicted molar refractivity (Wildman–Crippen MR) is 107 cm³/mol. The summed E-state index contributed by atoms with van der Waals surface area (Å²) in [6.07, 6.45) is 2.28. The van der Waals surface area contributed by atoms with Crippen LogP contribution in [0.5, 0.6) is 0 Å². The molecule has 1 amide bonds. The summed E-state index contributed by atoms with van der Waals surface area (Å²) in [5.41, 5.74) is 4.98. The number of carbonyl (C=O) groups is 1. The molecule has 0 atom stereocenters. The second kappa shape index (κ2) is 6.80. The maximum Gasteiger partial charge on any atom is 0.273 e. The van der Waals surface area contributed by atoms with Gasteiger partial charge >= 0.3 is 0 Å². The first-order valence-corrected chi connectivity index (χ1v) is 9.01. The van der Waals surface area contributed by atoms with Crippen LogP contribution in [0.1, 0.15) is 34.1 Å². The fourth-order valence-corrected chi connectivity index (χ4v) is 3.13. The lowest BCUT2D eigenvalue weighted by Crippen LogP contribution is -2.17. The van der Waals surface area contributed by atoms with Crippen molar-refractivity contribution in [1.82, 2.24) is 24.8 Å². The molecule has 4 aromatic rings. The number of anilines is 1. The first kappa shape index (κ1) is 17.7. The van der Waals surface area contributed by atoms with Crippen LogP contribution in [0.4, 0.5) is 5.69 Å². The van der Waals surface area contributed by atoms with Gasteiger partial charge in [0, 0.05) is 23.6 Å². The zero-order valence-electron chi connectivity index (χ0n) is 15.8. The molecule has 3 N–H and O–H groups in total. The predicted octanol–water partition coefficient (Wildman–Crippen LogP) is 2.84. The number of amides is 1. The number of benzene rings is 1. The Hall–Kier alpha value is -3.68. The number of aromatic amines is 2. The smallest absolute Gasteiger partial charge is 0.273 e. The van der Waals surface area contributed by atoms with Crippen LogP contribution in [0, 0.1) is 13.8 Å². The number of aryl methyl sites for hydroxylation is 2. The van der Waals surface area contributed by atoms with Crippen molar-refractivity contribution < 1.29 is 4.79 Å². The number of hydrogen-bond donors (Lipinski definition) is 3. The van der Waals surface area contributed by atoms with Gasteiger partial charge in [-0.05, 0) is 38.0 Å². The third-order valence-electron chi connectivity index (χ3n) is 4.76. The van der Waals surface area contributed by atoms with Crippen LogP contribution in [0.15, 0.2) is 41.3 Å². The highest BCUT2D eigenvalue weighted by molar-refractivity contribution is 6.08. The highest BCUT2D eigenvalue weighted by Crippen LogP contribution is 2.22. The van der Waals surface area contributed by atoms with Crippen LogP contribution >= 0.6 is 0 Å². The Balaban J connectivity index is 1.76. The largest absolute Gasteiger partial charge is 0.322 e. The summed E-state index contributed by atoms with van der Waals surface area (Å²) in [4.78, 5) is 29.8. The molecule has 0 fully saturated rings. The summed E-state index contributed by atoms with van der Waals surface area (Å²) in [6.45, 7) is 5.93. The molecule has 0 aliphatic rings. The monoisotopic (exact) mass is 376 g/mol. The van der Waals surface area contributed by atoms with Crippen molar-refractivity contribution in [3.63, 3.8) is 0 Å². The van der Waals surface area contributed by atoms with Gasteiger partial charge in [0.1, 0.15) is 11.3 Å². The van der Waals surface area contributed by atoms with Crippen molar-refractivity contribution in [2.24, 2.45) is 0 Å². The molecule has 142 valence electrons. The summed E-state index contributed by atoms with van der Waals surface area (Å²) in [6, 6.07) is 8.89. The molecule has 0 aliphatic heterocycles. The van der Waals surface area contributed by atoms with Gasteiger partial charge in [0.05, 0.1) is 5.69 Å². The van der Waals surface area contributed by atoms with E-state index in [0.717, 1.165) is 23.2 Å². The molecule has 0 bridgehead atoms. The first-order chi connectivity index (χ1) is 13.5. The third kappa shape index (κ3) is 2.98. The van der Waals surface area contributed by atoms with Gasteiger partial charge in [-0.1, -0.05) is 24.6 Å². The van der Waals surface area contributed by atoms with E-state index in [1.807, 2.05) is 45.0 Å². The lowest BCUT2D eigenvalue weighted by atomic mass is 10.1. The van der Waals surface area contributed by atoms with Crippen LogP contribution in [-0.4, -0.2) is 30.7 Å². The summed E-state index contributed by atoms with van der Waals surface area (Å²) < 4.78 is 1.25. The Morgan fingerprint density at radius 2 is 1.96 bits per heavy atom. The Labute approximate surface area is 160 Å². The van der Waals surface area contributed by atoms with Crippen molar-refractivity contribution >= 4 is 17.2 Å². The van der Waals surface area contributed by atoms with E-state index in [0.29, 0.717) is 17.1 Å². The van der Waals surface area contributed by atoms with Gasteiger partial charge in [-0.3, -0.25) is 19.8 Å². The lowest BCUT2D eigenvalue weighted by molar-refractivity contribution is 0.102. The molecule has 0 unspecified atom stereocenters. The van der Waals surface area contributed by atoms with Crippen LogP contribution < -0.4 is 10.9 Å². The maximum atomic E-state index is 12.7. The third-order valence-corrected chi connectivity index (χ3v) is 4.76. The number of hydrogen-bond acceptors (Lipinski definition) is 4. The van der Waals surface area contributed by atoms with Crippen LogP contribution in [-0.2, 0) is 6.42 Å². The van der Waals surface area contributed by atoms with Crippen LogP contribution in [0.25, 0.3) is 17.0 Å². The van der Waals surface area contributed by atoms with E-state index in [9.17, 15) is 9.59 Å². The van der Waals surface area contributed by atoms with E-state index in [2.05, 4.69) is 25.6 Å². The molecule has 4 rings (SSSR count). The average molecular weight is 376 g/mol. The standard InChI is InChI=1S/C20H20N6O2/c1-4-15-12(3)18(25-24-15)16-9-17(27)26-19(23-16)14(10-21-26)20(28)22-13-7-5-11(2)6-8-13/h5-10,21H,4H2,1-3H3,(H,22,28)(H,24,25). The topological polar surface area (TPSA) is 108 Å². The molecule has 8 heteroatoms. The summed E-state index contributed by atoms with van der Waals surface area (Å²) in [5.74, 6) is -0.348. The molecular formula is C20H20N6O2. The van der Waals surface area contributed by atoms with Crippen molar-refractivity contribution in [3.8, 4) is 11.4 Å². The van der Waals surface area contributed by atoms with Crippen LogP contribution in [0.2, 0.25) is 0 Å². The maximum absolute atomic E-state index is 12.7. The molecule has 0 aliphatic carbocycles. The van der Waals surface area contributed by atoms with Gasteiger partial charge in [0.25, 0.3) is 11.5 Å². The summed E-state index contributed by atoms with van der Waals surface area (Å²) >= 11 is 0. The number of carbonyl (C=O) groups excluding carboxylic acids is 1. The van der Waals surface area contributed by atoms with Crippen molar-refractivity contribution in [1.29, 1.82) is 0 Å². The summed E-state index contributed by atoms with van der Waals surface area (Å²) in [5, 5.41) is 12.9. The molecule has 28 heavy (non-hydrogen) atoms. The molecule has 0 radical (unpaired) electrons. The first-order valence-electron chi connectivity index (χ1n) is 9.01. The van der Waals surface area contributed by atoms with Crippen molar-refractivity contribution in [2.75, 3.05) is 5.32 Å². The fourth-order valence-electron chi connectivity index (χ4n) is 3.13. The number of rotatable bonds is 4. The van der Waals surface area contributed by atoms with E-state index in [1.54, 1.807) is 0 Å². The number of nitrogens with zero attached hydrogens (tertiary/aromatic N) is 3. The Morgan fingerprint density at radius 3 is 2.64 bits per heavy atom. The molecule has 0 spiro atoms. The number of nitrogens with one attached hydrogen (secondary N) is 3. The zero-order valence-corrected chi connectivity index (χ0v) is 15.8. The second-order valence-corrected chi connectivity index (χ2v) is 6.68. The quantitative estimate of drug-likeness (QED) is 0.509. The van der Waals surface area contributed by atoms with E-state index in [1.165, 1.54) is 16.8 Å². The van der Waals surface area contributed by atoms with E-state index in [-0.39, 0.29) is 22.7 Å². The SMILES string of the molecule is CCc1[nH]nc(-c2cc(=O)n3[nH]cc(C(=O)Nc4ccc(C)cc4)c3n2)c1C. The normalized spacial score (nSPS) is 11.1. The van der Waals surface area contributed by atoms with Gasteiger partial charge in [0.15, 0.2) is 5.65 Å². The van der Waals surface area contributed by atoms with E-state index < -0.39 is 0 Å². The molecule has 1 aromatic carbocycles. The molecule has 3 heterocycles. The van der Waals surface area contributed by atoms with Gasteiger partial charge in [-0.2, -0.15) is 5.10 Å². The Kier molecular flexibility index (Phi) is 4.31.